The van der Waals surface area contributed by atoms with Crippen molar-refractivity contribution in [3.05, 3.63) is 17.3 Å². The van der Waals surface area contributed by atoms with Gasteiger partial charge >= 0.3 is 0 Å². The van der Waals surface area contributed by atoms with Crippen molar-refractivity contribution >= 4 is 27.4 Å². The summed E-state index contributed by atoms with van der Waals surface area (Å²) >= 11 is 1.72. The normalized spacial score (nSPS) is 21.1. The van der Waals surface area contributed by atoms with E-state index in [1.165, 1.54) is 10.3 Å². The number of hydrogen-bond donors (Lipinski definition) is 0. The lowest BCUT2D eigenvalue weighted by molar-refractivity contribution is 0.0987. The molecule has 5 heteroatoms. The smallest absolute Gasteiger partial charge is 0.141 e. The van der Waals surface area contributed by atoms with E-state index >= 15 is 0 Å². The van der Waals surface area contributed by atoms with Crippen LogP contribution in [0.3, 0.4) is 0 Å². The Morgan fingerprint density at radius 3 is 3.18 bits per heavy atom. The summed E-state index contributed by atoms with van der Waals surface area (Å²) in [5, 5.41) is 1.17. The molecule has 0 N–H and O–H groups in total. The summed E-state index contributed by atoms with van der Waals surface area (Å²) in [7, 11) is 0. The lowest BCUT2D eigenvalue weighted by Gasteiger charge is -2.34. The quantitative estimate of drug-likeness (QED) is 0.777. The average molecular weight is 249 g/mol. The Balaban J connectivity index is 2.09. The van der Waals surface area contributed by atoms with Gasteiger partial charge in [0.25, 0.3) is 0 Å². The van der Waals surface area contributed by atoms with Crippen LogP contribution < -0.4 is 4.90 Å². The SMILES string of the molecule is Cc1cc2c(N3CCOCC3C)ncnc2s1. The van der Waals surface area contributed by atoms with Crippen LogP contribution >= 0.6 is 11.3 Å². The molecule has 1 fully saturated rings. The van der Waals surface area contributed by atoms with E-state index in [1.807, 2.05) is 0 Å². The molecule has 3 rings (SSSR count). The number of aromatic nitrogens is 2. The molecule has 0 aliphatic carbocycles. The summed E-state index contributed by atoms with van der Waals surface area (Å²) in [5.41, 5.74) is 0. The minimum absolute atomic E-state index is 0.377. The molecule has 0 amide bonds. The van der Waals surface area contributed by atoms with Crippen molar-refractivity contribution in [1.82, 2.24) is 9.97 Å². The highest BCUT2D eigenvalue weighted by molar-refractivity contribution is 7.18. The van der Waals surface area contributed by atoms with Crippen molar-refractivity contribution in [3.8, 4) is 0 Å². The molecular formula is C12H15N3OS. The van der Waals surface area contributed by atoms with Gasteiger partial charge in [-0.1, -0.05) is 0 Å². The monoisotopic (exact) mass is 249 g/mol. The Morgan fingerprint density at radius 2 is 2.35 bits per heavy atom. The molecule has 2 aromatic rings. The number of hydrogen-bond acceptors (Lipinski definition) is 5. The molecular weight excluding hydrogens is 234 g/mol. The molecule has 2 aromatic heterocycles. The summed E-state index contributed by atoms with van der Waals surface area (Å²) in [5.74, 6) is 1.05. The standard InChI is InChI=1S/C12H15N3OS/c1-8-6-16-4-3-15(8)11-10-5-9(2)17-12(10)14-7-13-11/h5,7-8H,3-4,6H2,1-2H3. The molecule has 3 heterocycles. The summed E-state index contributed by atoms with van der Waals surface area (Å²) in [6.07, 6.45) is 1.66. The van der Waals surface area contributed by atoms with Crippen molar-refractivity contribution in [2.45, 2.75) is 19.9 Å². The Bertz CT molecular complexity index is 540. The fourth-order valence-corrected chi connectivity index (χ4v) is 3.08. The van der Waals surface area contributed by atoms with Crippen molar-refractivity contribution in [2.24, 2.45) is 0 Å². The number of thiophene rings is 1. The Morgan fingerprint density at radius 1 is 1.47 bits per heavy atom. The molecule has 0 saturated carbocycles. The van der Waals surface area contributed by atoms with Gasteiger partial charge in [0.05, 0.1) is 24.6 Å². The van der Waals surface area contributed by atoms with Gasteiger partial charge in [0.1, 0.15) is 17.0 Å². The average Bonchev–Trinajstić information content (AvgIpc) is 2.70. The van der Waals surface area contributed by atoms with E-state index in [-0.39, 0.29) is 0 Å². The van der Waals surface area contributed by atoms with Gasteiger partial charge in [0.2, 0.25) is 0 Å². The predicted octanol–water partition coefficient (Wildman–Crippen LogP) is 2.22. The van der Waals surface area contributed by atoms with E-state index in [1.54, 1.807) is 17.7 Å². The van der Waals surface area contributed by atoms with E-state index < -0.39 is 0 Å². The molecule has 1 saturated heterocycles. The van der Waals surface area contributed by atoms with E-state index in [2.05, 4.69) is 34.8 Å². The second kappa shape index (κ2) is 4.23. The zero-order valence-electron chi connectivity index (χ0n) is 10.0. The molecule has 1 unspecified atom stereocenters. The van der Waals surface area contributed by atoms with E-state index in [9.17, 15) is 0 Å². The first kappa shape index (κ1) is 10.9. The lowest BCUT2D eigenvalue weighted by atomic mass is 10.2. The summed E-state index contributed by atoms with van der Waals surface area (Å²) in [4.78, 5) is 13.5. The van der Waals surface area contributed by atoms with Gasteiger partial charge in [-0.15, -0.1) is 11.3 Å². The van der Waals surface area contributed by atoms with Gasteiger partial charge in [-0.05, 0) is 19.9 Å². The maximum Gasteiger partial charge on any atom is 0.141 e. The minimum Gasteiger partial charge on any atom is -0.377 e. The third-order valence-electron chi connectivity index (χ3n) is 3.07. The van der Waals surface area contributed by atoms with Crippen LogP contribution in [0.4, 0.5) is 5.82 Å². The van der Waals surface area contributed by atoms with Gasteiger partial charge < -0.3 is 9.64 Å². The first-order valence-electron chi connectivity index (χ1n) is 5.81. The molecule has 0 bridgehead atoms. The molecule has 17 heavy (non-hydrogen) atoms. The van der Waals surface area contributed by atoms with E-state index in [0.29, 0.717) is 6.04 Å². The third kappa shape index (κ3) is 1.89. The number of nitrogens with zero attached hydrogens (tertiary/aromatic N) is 3. The van der Waals surface area contributed by atoms with Crippen LogP contribution in [0.25, 0.3) is 10.2 Å². The number of morpholine rings is 1. The highest BCUT2D eigenvalue weighted by Gasteiger charge is 2.22. The topological polar surface area (TPSA) is 38.2 Å². The van der Waals surface area contributed by atoms with Gasteiger partial charge in [-0.25, -0.2) is 9.97 Å². The molecule has 1 aliphatic rings. The first-order valence-corrected chi connectivity index (χ1v) is 6.63. The van der Waals surface area contributed by atoms with Crippen LogP contribution in [0.1, 0.15) is 11.8 Å². The second-order valence-electron chi connectivity index (χ2n) is 4.39. The van der Waals surface area contributed by atoms with Gasteiger partial charge in [-0.3, -0.25) is 0 Å². The van der Waals surface area contributed by atoms with Gasteiger partial charge in [-0.2, -0.15) is 0 Å². The molecule has 1 atom stereocenters. The van der Waals surface area contributed by atoms with Crippen molar-refractivity contribution in [2.75, 3.05) is 24.7 Å². The predicted molar refractivity (Wildman–Crippen MR) is 69.8 cm³/mol. The summed E-state index contributed by atoms with van der Waals surface area (Å²) in [6.45, 7) is 6.74. The van der Waals surface area contributed by atoms with Crippen LogP contribution in [-0.2, 0) is 4.74 Å². The van der Waals surface area contributed by atoms with Gasteiger partial charge in [0, 0.05) is 11.4 Å². The van der Waals surface area contributed by atoms with Crippen LogP contribution in [0.2, 0.25) is 0 Å². The van der Waals surface area contributed by atoms with Crippen LogP contribution in [0.15, 0.2) is 12.4 Å². The third-order valence-corrected chi connectivity index (χ3v) is 4.03. The van der Waals surface area contributed by atoms with E-state index in [0.717, 1.165) is 30.4 Å². The molecule has 0 spiro atoms. The molecule has 90 valence electrons. The fraction of sp³-hybridized carbons (Fsp3) is 0.500. The zero-order chi connectivity index (χ0) is 11.8. The molecule has 0 radical (unpaired) electrons. The number of fused-ring (bicyclic) bond motifs is 1. The Hall–Kier alpha value is -1.20. The minimum atomic E-state index is 0.377. The number of ether oxygens (including phenoxy) is 1. The maximum atomic E-state index is 5.47. The maximum absolute atomic E-state index is 5.47. The van der Waals surface area contributed by atoms with Crippen LogP contribution in [0, 0.1) is 6.92 Å². The second-order valence-corrected chi connectivity index (χ2v) is 5.63. The van der Waals surface area contributed by atoms with Crippen LogP contribution in [0.5, 0.6) is 0 Å². The number of aryl methyl sites for hydroxylation is 1. The fourth-order valence-electron chi connectivity index (χ4n) is 2.23. The van der Waals surface area contributed by atoms with Gasteiger partial charge in [0.15, 0.2) is 0 Å². The summed E-state index contributed by atoms with van der Waals surface area (Å²) in [6, 6.07) is 2.55. The number of rotatable bonds is 1. The molecule has 0 aromatic carbocycles. The lowest BCUT2D eigenvalue weighted by Crippen LogP contribution is -2.44. The van der Waals surface area contributed by atoms with Crippen LogP contribution in [-0.4, -0.2) is 35.8 Å². The Kier molecular flexibility index (Phi) is 2.72. The number of anilines is 1. The van der Waals surface area contributed by atoms with E-state index in [4.69, 9.17) is 4.74 Å². The largest absolute Gasteiger partial charge is 0.377 e. The highest BCUT2D eigenvalue weighted by atomic mass is 32.1. The molecule has 1 aliphatic heterocycles. The van der Waals surface area contributed by atoms with Crippen molar-refractivity contribution < 1.29 is 4.74 Å². The van der Waals surface area contributed by atoms with Crippen molar-refractivity contribution in [1.29, 1.82) is 0 Å². The highest BCUT2D eigenvalue weighted by Crippen LogP contribution is 2.31. The summed E-state index contributed by atoms with van der Waals surface area (Å²) < 4.78 is 5.47. The molecule has 4 nitrogen and oxygen atoms in total. The first-order chi connectivity index (χ1) is 8.25. The zero-order valence-corrected chi connectivity index (χ0v) is 10.8. The Labute approximate surface area is 104 Å². The van der Waals surface area contributed by atoms with Crippen molar-refractivity contribution in [3.63, 3.8) is 0 Å².